The number of hydroxylamine groups is 3. The minimum Gasteiger partial charge on any atom is -0.359 e. The first-order chi connectivity index (χ1) is 18.4. The lowest BCUT2D eigenvalue weighted by Gasteiger charge is -2.55. The Bertz CT molecular complexity index is 1390. The fraction of sp³-hybridized carbons (Fsp3) is 0.618. The number of allylic oxidation sites excluding steroid dienone is 1. The number of hydrogen-bond donors (Lipinski definition) is 1. The minimum atomic E-state index is -0.138. The number of aromatic nitrogens is 1. The van der Waals surface area contributed by atoms with Crippen LogP contribution in [0.15, 0.2) is 60.0 Å². The van der Waals surface area contributed by atoms with E-state index >= 15 is 0 Å². The van der Waals surface area contributed by atoms with Gasteiger partial charge in [0.2, 0.25) is 0 Å². The van der Waals surface area contributed by atoms with Crippen LogP contribution in [0.1, 0.15) is 95.5 Å². The summed E-state index contributed by atoms with van der Waals surface area (Å²) in [5.74, 6) is 1.11. The molecule has 198 valence electrons. The van der Waals surface area contributed by atoms with Gasteiger partial charge in [0.1, 0.15) is 18.1 Å². The zero-order valence-corrected chi connectivity index (χ0v) is 22.7. The van der Waals surface area contributed by atoms with Crippen molar-refractivity contribution in [1.29, 1.82) is 0 Å². The van der Waals surface area contributed by atoms with Crippen molar-refractivity contribution in [3.05, 3.63) is 65.5 Å². The zero-order chi connectivity index (χ0) is 25.3. The normalized spacial score (nSPS) is 48.4. The van der Waals surface area contributed by atoms with Crippen LogP contribution in [0.4, 0.5) is 0 Å². The summed E-state index contributed by atoms with van der Waals surface area (Å²) in [7, 11) is 0. The van der Waals surface area contributed by atoms with Crippen LogP contribution in [-0.2, 0) is 4.74 Å². The molecule has 4 nitrogen and oxygen atoms in total. The van der Waals surface area contributed by atoms with Crippen LogP contribution in [0.5, 0.6) is 0 Å². The molecule has 0 amide bonds. The Kier molecular flexibility index (Phi) is 4.42. The quantitative estimate of drug-likeness (QED) is 0.430. The van der Waals surface area contributed by atoms with Gasteiger partial charge in [-0.05, 0) is 90.0 Å². The molecule has 9 rings (SSSR count). The van der Waals surface area contributed by atoms with Gasteiger partial charge >= 0.3 is 0 Å². The third-order valence-corrected chi connectivity index (χ3v) is 13.1. The van der Waals surface area contributed by atoms with Crippen LogP contribution >= 0.6 is 0 Å². The number of ether oxygens (including phenoxy) is 1. The highest BCUT2D eigenvalue weighted by atomic mass is 16.6. The van der Waals surface area contributed by atoms with Gasteiger partial charge in [-0.1, -0.05) is 31.2 Å². The Balaban J connectivity index is 1.07. The van der Waals surface area contributed by atoms with E-state index in [0.29, 0.717) is 34.6 Å². The molecule has 2 aromatic rings. The summed E-state index contributed by atoms with van der Waals surface area (Å²) in [6.07, 6.45) is 23.2. The second-order valence-corrected chi connectivity index (χ2v) is 14.3. The van der Waals surface area contributed by atoms with Crippen LogP contribution in [0.3, 0.4) is 0 Å². The fourth-order valence-corrected chi connectivity index (χ4v) is 11.4. The van der Waals surface area contributed by atoms with E-state index in [1.165, 1.54) is 60.4 Å². The molecule has 6 atom stereocenters. The Labute approximate surface area is 226 Å². The molecule has 3 aliphatic carbocycles. The third kappa shape index (κ3) is 2.66. The topological polar surface area (TPSA) is 42.4 Å². The molecule has 1 N–H and O–H groups in total. The maximum Gasteiger partial charge on any atom is 0.123 e. The number of quaternary nitrogens is 1. The van der Waals surface area contributed by atoms with Crippen molar-refractivity contribution in [1.82, 2.24) is 4.98 Å². The molecule has 2 saturated carbocycles. The molecule has 3 saturated heterocycles. The first kappa shape index (κ1) is 22.8. The molecule has 1 unspecified atom stereocenters. The SMILES string of the molecule is C[C@]12CC=C3C=C4CCC([N+]5(O)C6CCC5CC6)C[C@]45CC[C@]3(O5)[C@@H]1CC[C@@H]2c1ccc2ccncc2c1. The molecule has 0 radical (unpaired) electrons. The number of hydrogen-bond acceptors (Lipinski definition) is 3. The number of fused-ring (bicyclic) bond motifs is 4. The van der Waals surface area contributed by atoms with E-state index in [2.05, 4.69) is 48.3 Å². The van der Waals surface area contributed by atoms with Crippen molar-refractivity contribution in [3.63, 3.8) is 0 Å². The highest BCUT2D eigenvalue weighted by Crippen LogP contribution is 2.69. The van der Waals surface area contributed by atoms with Gasteiger partial charge in [0.25, 0.3) is 0 Å². The van der Waals surface area contributed by atoms with Crippen LogP contribution < -0.4 is 0 Å². The number of benzene rings is 1. The predicted octanol–water partition coefficient (Wildman–Crippen LogP) is 7.38. The van der Waals surface area contributed by atoms with Crippen LogP contribution in [0, 0.1) is 11.3 Å². The summed E-state index contributed by atoms with van der Waals surface area (Å²) in [4.78, 5) is 4.40. The Morgan fingerprint density at radius 2 is 1.79 bits per heavy atom. The summed E-state index contributed by atoms with van der Waals surface area (Å²) in [5.41, 5.74) is 4.48. The Morgan fingerprint density at radius 1 is 0.947 bits per heavy atom. The second kappa shape index (κ2) is 7.38. The molecular weight excluding hydrogens is 468 g/mol. The Hall–Kier alpha value is -2.01. The van der Waals surface area contributed by atoms with E-state index in [-0.39, 0.29) is 16.6 Å². The molecule has 5 fully saturated rings. The van der Waals surface area contributed by atoms with E-state index in [1.807, 2.05) is 12.4 Å². The molecule has 38 heavy (non-hydrogen) atoms. The van der Waals surface area contributed by atoms with E-state index in [9.17, 15) is 5.21 Å². The molecule has 1 aromatic heterocycles. The van der Waals surface area contributed by atoms with Gasteiger partial charge in [-0.3, -0.25) is 4.98 Å². The van der Waals surface area contributed by atoms with E-state index in [4.69, 9.17) is 4.74 Å². The molecule has 7 aliphatic rings. The van der Waals surface area contributed by atoms with Crippen molar-refractivity contribution in [2.45, 2.75) is 119 Å². The van der Waals surface area contributed by atoms with E-state index in [0.717, 1.165) is 38.5 Å². The van der Waals surface area contributed by atoms with Gasteiger partial charge in [-0.2, -0.15) is 4.65 Å². The number of rotatable bonds is 2. The van der Waals surface area contributed by atoms with Gasteiger partial charge in [-0.25, -0.2) is 5.21 Å². The molecule has 1 aromatic carbocycles. The van der Waals surface area contributed by atoms with Crippen LogP contribution in [0.2, 0.25) is 0 Å². The van der Waals surface area contributed by atoms with Gasteiger partial charge in [-0.15, -0.1) is 0 Å². The summed E-state index contributed by atoms with van der Waals surface area (Å²) >= 11 is 0. The van der Waals surface area contributed by atoms with Gasteiger partial charge < -0.3 is 4.74 Å². The summed E-state index contributed by atoms with van der Waals surface area (Å²) < 4.78 is 7.96. The first-order valence-corrected chi connectivity index (χ1v) is 15.5. The zero-order valence-electron chi connectivity index (χ0n) is 22.7. The molecule has 4 heteroatoms. The lowest BCUT2D eigenvalue weighted by Crippen LogP contribution is -2.61. The van der Waals surface area contributed by atoms with Gasteiger partial charge in [0, 0.05) is 56.3 Å². The van der Waals surface area contributed by atoms with E-state index in [1.54, 1.807) is 5.57 Å². The highest BCUT2D eigenvalue weighted by molar-refractivity contribution is 5.82. The summed E-state index contributed by atoms with van der Waals surface area (Å²) in [6.45, 7) is 2.57. The predicted molar refractivity (Wildman–Crippen MR) is 148 cm³/mol. The third-order valence-electron chi connectivity index (χ3n) is 13.1. The van der Waals surface area contributed by atoms with Crippen LogP contribution in [0.25, 0.3) is 10.8 Å². The summed E-state index contributed by atoms with van der Waals surface area (Å²) in [6, 6.07) is 10.5. The first-order valence-electron chi connectivity index (χ1n) is 15.5. The standard InChI is InChI=1S/C34H41N2O2/c1-32-14-12-26-19-25-4-5-29(36(37)27-6-7-28(36)9-8-27)20-33(25)15-16-34(26,38-33)31(32)11-10-30(32)23-3-2-22-13-17-35-21-24(22)18-23/h2-3,12-13,17-19,21,27-31,37H,4-11,14-16,20H2,1H3/q+1/t27?,28?,29?,30-,31-,32-,33-,34-,36?/m1/s1. The van der Waals surface area contributed by atoms with Gasteiger partial charge in [0.15, 0.2) is 0 Å². The van der Waals surface area contributed by atoms with Crippen molar-refractivity contribution in [2.75, 3.05) is 0 Å². The molecular formula is C34H41N2O2+. The number of pyridine rings is 1. The van der Waals surface area contributed by atoms with Crippen molar-refractivity contribution >= 4 is 10.8 Å². The number of nitrogens with zero attached hydrogens (tertiary/aromatic N) is 2. The fourth-order valence-electron chi connectivity index (χ4n) is 11.4. The smallest absolute Gasteiger partial charge is 0.123 e. The minimum absolute atomic E-state index is 0.129. The lowest BCUT2D eigenvalue weighted by molar-refractivity contribution is -1.14. The Morgan fingerprint density at radius 3 is 2.63 bits per heavy atom. The average molecular weight is 510 g/mol. The molecule has 5 heterocycles. The summed E-state index contributed by atoms with van der Waals surface area (Å²) in [5, 5.41) is 14.6. The monoisotopic (exact) mass is 509 g/mol. The molecule has 2 spiro atoms. The maximum absolute atomic E-state index is 12.0. The highest BCUT2D eigenvalue weighted by Gasteiger charge is 2.69. The molecule has 4 aliphatic heterocycles. The average Bonchev–Trinajstić information content (AvgIpc) is 3.66. The van der Waals surface area contributed by atoms with Crippen LogP contribution in [-0.4, -0.2) is 44.2 Å². The molecule has 4 bridgehead atoms. The van der Waals surface area contributed by atoms with Crippen molar-refractivity contribution in [3.8, 4) is 0 Å². The maximum atomic E-state index is 12.0. The van der Waals surface area contributed by atoms with E-state index < -0.39 is 0 Å². The van der Waals surface area contributed by atoms with Crippen molar-refractivity contribution in [2.24, 2.45) is 11.3 Å². The lowest BCUT2D eigenvalue weighted by atomic mass is 9.58. The second-order valence-electron chi connectivity index (χ2n) is 14.3. The van der Waals surface area contributed by atoms with Gasteiger partial charge in [0.05, 0.1) is 11.2 Å². The van der Waals surface area contributed by atoms with Crippen molar-refractivity contribution < 1.29 is 14.6 Å². The largest absolute Gasteiger partial charge is 0.359 e.